The number of nitrogens with zero attached hydrogens (tertiary/aromatic N) is 5. The number of H-pyrrole nitrogens is 1. The summed E-state index contributed by atoms with van der Waals surface area (Å²) in [6.45, 7) is 0. The SMILES string of the molecule is COc1ccc(-c2n[nH]c(=O)c3c2[C@H](c2cccc(F)c2)n2nnnc2N3)cc1. The predicted molar refractivity (Wildman–Crippen MR) is 102 cm³/mol. The molecule has 0 radical (unpaired) electrons. The summed E-state index contributed by atoms with van der Waals surface area (Å²) in [5.41, 5.74) is 2.24. The van der Waals surface area contributed by atoms with Crippen molar-refractivity contribution in [1.29, 1.82) is 0 Å². The van der Waals surface area contributed by atoms with Crippen molar-refractivity contribution >= 4 is 11.6 Å². The molecule has 10 heteroatoms. The number of benzene rings is 2. The number of nitrogens with one attached hydrogen (secondary N) is 2. The summed E-state index contributed by atoms with van der Waals surface area (Å²) in [5.74, 6) is 0.569. The Morgan fingerprint density at radius 2 is 2.00 bits per heavy atom. The normalized spacial score (nSPS) is 14.6. The highest BCUT2D eigenvalue weighted by Gasteiger charge is 2.34. The van der Waals surface area contributed by atoms with Crippen LogP contribution in [0.15, 0.2) is 53.3 Å². The summed E-state index contributed by atoms with van der Waals surface area (Å²) in [7, 11) is 1.58. The molecule has 29 heavy (non-hydrogen) atoms. The third-order valence-corrected chi connectivity index (χ3v) is 4.80. The molecular formula is C19H14FN7O2. The zero-order chi connectivity index (χ0) is 20.0. The van der Waals surface area contributed by atoms with Gasteiger partial charge in [-0.25, -0.2) is 9.49 Å². The lowest BCUT2D eigenvalue weighted by Gasteiger charge is -2.27. The number of anilines is 2. The lowest BCUT2D eigenvalue weighted by molar-refractivity contribution is 0.415. The van der Waals surface area contributed by atoms with Gasteiger partial charge in [0.15, 0.2) is 0 Å². The molecule has 3 heterocycles. The maximum absolute atomic E-state index is 14.0. The Labute approximate surface area is 163 Å². The van der Waals surface area contributed by atoms with Gasteiger partial charge >= 0.3 is 0 Å². The van der Waals surface area contributed by atoms with Crippen molar-refractivity contribution in [1.82, 2.24) is 30.4 Å². The van der Waals surface area contributed by atoms with Crippen LogP contribution in [0.1, 0.15) is 17.2 Å². The number of methoxy groups -OCH3 is 1. The molecule has 0 unspecified atom stereocenters. The maximum atomic E-state index is 14.0. The van der Waals surface area contributed by atoms with E-state index >= 15 is 0 Å². The van der Waals surface area contributed by atoms with Crippen molar-refractivity contribution in [2.45, 2.75) is 6.04 Å². The quantitative estimate of drug-likeness (QED) is 0.485. The molecule has 0 bridgehead atoms. The van der Waals surface area contributed by atoms with Crippen LogP contribution in [0.4, 0.5) is 16.0 Å². The molecule has 5 rings (SSSR count). The summed E-state index contributed by atoms with van der Waals surface area (Å²) in [6, 6.07) is 12.7. The third-order valence-electron chi connectivity index (χ3n) is 4.80. The number of ether oxygens (including phenoxy) is 1. The van der Waals surface area contributed by atoms with E-state index in [0.717, 1.165) is 5.56 Å². The largest absolute Gasteiger partial charge is 0.497 e. The van der Waals surface area contributed by atoms with Crippen LogP contribution in [0.3, 0.4) is 0 Å². The number of fused-ring (bicyclic) bond motifs is 2. The molecule has 0 spiro atoms. The molecule has 2 N–H and O–H groups in total. The van der Waals surface area contributed by atoms with Gasteiger partial charge in [0.05, 0.1) is 12.8 Å². The van der Waals surface area contributed by atoms with Crippen LogP contribution >= 0.6 is 0 Å². The second-order valence-corrected chi connectivity index (χ2v) is 6.45. The Morgan fingerprint density at radius 3 is 2.76 bits per heavy atom. The van der Waals surface area contributed by atoms with Crippen molar-refractivity contribution in [3.05, 3.63) is 75.8 Å². The number of aromatic amines is 1. The molecule has 2 aromatic heterocycles. The molecule has 1 atom stereocenters. The highest BCUT2D eigenvalue weighted by Crippen LogP contribution is 2.41. The number of halogens is 1. The van der Waals surface area contributed by atoms with Gasteiger partial charge in [0.2, 0.25) is 5.95 Å². The van der Waals surface area contributed by atoms with Crippen LogP contribution in [0.5, 0.6) is 5.75 Å². The van der Waals surface area contributed by atoms with Gasteiger partial charge < -0.3 is 10.1 Å². The van der Waals surface area contributed by atoms with Crippen molar-refractivity contribution in [2.24, 2.45) is 0 Å². The average molecular weight is 391 g/mol. The van der Waals surface area contributed by atoms with Crippen LogP contribution < -0.4 is 15.6 Å². The monoisotopic (exact) mass is 391 g/mol. The Bertz CT molecular complexity index is 1270. The lowest BCUT2D eigenvalue weighted by Crippen LogP contribution is -2.29. The number of tetrazole rings is 1. The molecule has 144 valence electrons. The van der Waals surface area contributed by atoms with Gasteiger partial charge in [-0.1, -0.05) is 17.2 Å². The molecule has 0 saturated carbocycles. The van der Waals surface area contributed by atoms with E-state index in [4.69, 9.17) is 4.74 Å². The number of hydrogen-bond donors (Lipinski definition) is 2. The summed E-state index contributed by atoms with van der Waals surface area (Å²) in [6.07, 6.45) is 0. The van der Waals surface area contributed by atoms with Gasteiger partial charge in [-0.15, -0.1) is 0 Å². The van der Waals surface area contributed by atoms with Gasteiger partial charge in [-0.05, 0) is 52.4 Å². The Morgan fingerprint density at radius 1 is 1.17 bits per heavy atom. The number of hydrogen-bond acceptors (Lipinski definition) is 7. The van der Waals surface area contributed by atoms with E-state index in [-0.39, 0.29) is 11.6 Å². The molecule has 2 aromatic carbocycles. The smallest absolute Gasteiger partial charge is 0.288 e. The second-order valence-electron chi connectivity index (χ2n) is 6.45. The van der Waals surface area contributed by atoms with E-state index in [9.17, 15) is 9.18 Å². The summed E-state index contributed by atoms with van der Waals surface area (Å²) >= 11 is 0. The van der Waals surface area contributed by atoms with Gasteiger partial charge in [0.1, 0.15) is 23.3 Å². The minimum atomic E-state index is -0.640. The minimum Gasteiger partial charge on any atom is -0.497 e. The van der Waals surface area contributed by atoms with Crippen molar-refractivity contribution in [2.75, 3.05) is 12.4 Å². The lowest BCUT2D eigenvalue weighted by atomic mass is 9.92. The molecule has 1 aliphatic heterocycles. The molecule has 4 aromatic rings. The Hall–Kier alpha value is -4.08. The molecule has 1 aliphatic rings. The summed E-state index contributed by atoms with van der Waals surface area (Å²) in [5, 5.41) is 21.4. The highest BCUT2D eigenvalue weighted by atomic mass is 19.1. The van der Waals surface area contributed by atoms with Gasteiger partial charge in [0.25, 0.3) is 5.56 Å². The van der Waals surface area contributed by atoms with E-state index < -0.39 is 17.4 Å². The van der Waals surface area contributed by atoms with Crippen LogP contribution in [0.2, 0.25) is 0 Å². The van der Waals surface area contributed by atoms with E-state index in [1.807, 2.05) is 12.1 Å². The van der Waals surface area contributed by atoms with Gasteiger partial charge in [0, 0.05) is 11.1 Å². The van der Waals surface area contributed by atoms with E-state index in [2.05, 4.69) is 31.0 Å². The predicted octanol–water partition coefficient (Wildman–Crippen LogP) is 2.27. The highest BCUT2D eigenvalue weighted by molar-refractivity contribution is 5.75. The fourth-order valence-electron chi connectivity index (χ4n) is 3.49. The van der Waals surface area contributed by atoms with Gasteiger partial charge in [-0.2, -0.15) is 9.78 Å². The minimum absolute atomic E-state index is 0.266. The molecule has 0 saturated heterocycles. The van der Waals surface area contributed by atoms with Crippen molar-refractivity contribution in [3.8, 4) is 17.0 Å². The first-order valence-electron chi connectivity index (χ1n) is 8.73. The Kier molecular flexibility index (Phi) is 3.83. The maximum Gasteiger partial charge on any atom is 0.288 e. The van der Waals surface area contributed by atoms with E-state index in [0.29, 0.717) is 22.6 Å². The fourth-order valence-corrected chi connectivity index (χ4v) is 3.49. The molecular weight excluding hydrogens is 377 g/mol. The van der Waals surface area contributed by atoms with Crippen LogP contribution in [0, 0.1) is 5.82 Å². The van der Waals surface area contributed by atoms with Crippen molar-refractivity contribution in [3.63, 3.8) is 0 Å². The van der Waals surface area contributed by atoms with Crippen LogP contribution in [-0.4, -0.2) is 37.5 Å². The number of aromatic nitrogens is 6. The molecule has 0 amide bonds. The van der Waals surface area contributed by atoms with E-state index in [1.165, 1.54) is 16.8 Å². The first-order chi connectivity index (χ1) is 14.2. The first-order valence-corrected chi connectivity index (χ1v) is 8.73. The molecule has 0 aliphatic carbocycles. The Balaban J connectivity index is 1.79. The van der Waals surface area contributed by atoms with Crippen LogP contribution in [-0.2, 0) is 0 Å². The standard InChI is InChI=1S/C19H14FN7O2/c1-29-13-7-5-10(6-8-13)15-14-16(18(28)23-22-15)21-19-24-25-26-27(19)17(14)11-3-2-4-12(20)9-11/h2-9,17H,1H3,(H,23,28)(H,21,24,26)/t17-/m0/s1. The topological polar surface area (TPSA) is 111 Å². The molecule has 9 nitrogen and oxygen atoms in total. The fraction of sp³-hybridized carbons (Fsp3) is 0.105. The van der Waals surface area contributed by atoms with Crippen LogP contribution in [0.25, 0.3) is 11.3 Å². The summed E-state index contributed by atoms with van der Waals surface area (Å²) < 4.78 is 20.7. The van der Waals surface area contributed by atoms with E-state index in [1.54, 1.807) is 31.4 Å². The molecule has 0 fully saturated rings. The van der Waals surface area contributed by atoms with Gasteiger partial charge in [-0.3, -0.25) is 4.79 Å². The number of rotatable bonds is 3. The van der Waals surface area contributed by atoms with Crippen molar-refractivity contribution < 1.29 is 9.13 Å². The summed E-state index contributed by atoms with van der Waals surface area (Å²) in [4.78, 5) is 12.6. The zero-order valence-corrected chi connectivity index (χ0v) is 15.1. The average Bonchev–Trinajstić information content (AvgIpc) is 3.21. The second kappa shape index (κ2) is 6.51. The zero-order valence-electron chi connectivity index (χ0n) is 15.1. The first kappa shape index (κ1) is 17.0. The third kappa shape index (κ3) is 2.73.